The molecule has 0 fully saturated rings. The van der Waals surface area contributed by atoms with Gasteiger partial charge in [-0.3, -0.25) is 9.52 Å². The van der Waals surface area contributed by atoms with Crippen molar-refractivity contribution in [3.8, 4) is 0 Å². The van der Waals surface area contributed by atoms with Crippen molar-refractivity contribution in [2.75, 3.05) is 24.2 Å². The highest BCUT2D eigenvalue weighted by Gasteiger charge is 2.30. The first-order chi connectivity index (χ1) is 16.9. The average Bonchev–Trinajstić information content (AvgIpc) is 2.78. The number of H-pyrrole nitrogens is 1. The summed E-state index contributed by atoms with van der Waals surface area (Å²) in [5, 5.41) is 23.2. The number of nitrogens with one attached hydrogen (secondary N) is 3. The minimum Gasteiger partial charge on any atom is -0.505 e. The number of aromatic nitrogens is 1. The molecule has 1 aliphatic rings. The van der Waals surface area contributed by atoms with E-state index in [0.29, 0.717) is 28.2 Å². The van der Waals surface area contributed by atoms with Crippen LogP contribution in [0.25, 0.3) is 11.8 Å². The fourth-order valence-electron chi connectivity index (χ4n) is 3.58. The number of benzene rings is 1. The van der Waals surface area contributed by atoms with Crippen LogP contribution in [0.2, 0.25) is 0 Å². The molecule has 0 amide bonds. The maximum absolute atomic E-state index is 12.9. The Bertz CT molecular complexity index is 1330. The van der Waals surface area contributed by atoms with E-state index in [0.717, 1.165) is 11.8 Å². The Morgan fingerprint density at radius 2 is 1.81 bits per heavy atom. The highest BCUT2D eigenvalue weighted by molar-refractivity contribution is 7.92. The van der Waals surface area contributed by atoms with Crippen molar-refractivity contribution in [2.24, 2.45) is 5.41 Å². The van der Waals surface area contributed by atoms with Gasteiger partial charge in [-0.25, -0.2) is 8.42 Å². The van der Waals surface area contributed by atoms with E-state index in [1.807, 2.05) is 6.08 Å². The minimum absolute atomic E-state index is 0.0584. The predicted molar refractivity (Wildman–Crippen MR) is 142 cm³/mol. The molecule has 0 spiro atoms. The van der Waals surface area contributed by atoms with Gasteiger partial charge in [-0.05, 0) is 35.2 Å². The van der Waals surface area contributed by atoms with Gasteiger partial charge in [0.05, 0.1) is 43.4 Å². The van der Waals surface area contributed by atoms with Crippen LogP contribution in [-0.2, 0) is 21.4 Å². The Morgan fingerprint density at radius 3 is 2.39 bits per heavy atom. The second-order valence-electron chi connectivity index (χ2n) is 9.67. The van der Waals surface area contributed by atoms with Gasteiger partial charge in [-0.1, -0.05) is 51.1 Å². The first-order valence-corrected chi connectivity index (χ1v) is 13.4. The normalized spacial score (nSPS) is 16.7. The van der Waals surface area contributed by atoms with E-state index in [2.05, 4.69) is 35.8 Å². The van der Waals surface area contributed by atoms with Gasteiger partial charge in [0.2, 0.25) is 10.0 Å². The van der Waals surface area contributed by atoms with Gasteiger partial charge in [0, 0.05) is 17.0 Å². The number of anilines is 1. The molecule has 3 rings (SSSR count). The van der Waals surface area contributed by atoms with E-state index in [1.165, 1.54) is 0 Å². The van der Waals surface area contributed by atoms with E-state index in [9.17, 15) is 18.3 Å². The summed E-state index contributed by atoms with van der Waals surface area (Å²) in [5.41, 5.74) is 2.41. The molecular formula is C26H33N3O6S. The Hall–Kier alpha value is -3.34. The second kappa shape index (κ2) is 11.2. The first-order valence-electron chi connectivity index (χ1n) is 11.5. The van der Waals surface area contributed by atoms with Crippen LogP contribution in [0.4, 0.5) is 5.69 Å². The monoisotopic (exact) mass is 515 g/mol. The van der Waals surface area contributed by atoms with Gasteiger partial charge >= 0.3 is 0 Å². The third-order valence-electron chi connectivity index (χ3n) is 5.49. The van der Waals surface area contributed by atoms with Gasteiger partial charge in [-0.15, -0.1) is 0 Å². The van der Waals surface area contributed by atoms with Gasteiger partial charge < -0.3 is 25.3 Å². The van der Waals surface area contributed by atoms with Crippen LogP contribution >= 0.6 is 0 Å². The van der Waals surface area contributed by atoms with Crippen LogP contribution in [0.3, 0.4) is 0 Å². The predicted octanol–water partition coefficient (Wildman–Crippen LogP) is 3.14. The summed E-state index contributed by atoms with van der Waals surface area (Å²) >= 11 is 0. The smallest absolute Gasteiger partial charge is 0.257 e. The lowest BCUT2D eigenvalue weighted by Gasteiger charge is -2.34. The Balaban J connectivity index is 1.92. The molecule has 9 nitrogen and oxygen atoms in total. The number of hydrogen-bond acceptors (Lipinski definition) is 7. The number of ether oxygens (including phenoxy) is 1. The molecule has 0 saturated heterocycles. The lowest BCUT2D eigenvalue weighted by molar-refractivity contribution is 0.0796. The summed E-state index contributed by atoms with van der Waals surface area (Å²) in [4.78, 5) is 15.6. The van der Waals surface area contributed by atoms with Crippen molar-refractivity contribution in [2.45, 2.75) is 33.4 Å². The summed E-state index contributed by atoms with van der Waals surface area (Å²) in [5.74, 6) is -0.0584. The third kappa shape index (κ3) is 7.33. The largest absolute Gasteiger partial charge is 0.505 e. The summed E-state index contributed by atoms with van der Waals surface area (Å²) in [6, 6.07) is 10.0. The zero-order valence-electron chi connectivity index (χ0n) is 20.8. The van der Waals surface area contributed by atoms with Crippen LogP contribution < -0.4 is 15.6 Å². The van der Waals surface area contributed by atoms with Gasteiger partial charge in [0.15, 0.2) is 0 Å². The zero-order chi connectivity index (χ0) is 26.5. The lowest BCUT2D eigenvalue weighted by Crippen LogP contribution is -2.41. The quantitative estimate of drug-likeness (QED) is 0.323. The molecule has 2 aromatic rings. The van der Waals surface area contributed by atoms with Gasteiger partial charge in [-0.2, -0.15) is 0 Å². The molecule has 1 unspecified atom stereocenters. The number of pyridine rings is 1. The molecule has 0 saturated carbocycles. The fraction of sp³-hybridized carbons (Fsp3) is 0.346. The fourth-order valence-corrected chi connectivity index (χ4v) is 4.14. The van der Waals surface area contributed by atoms with Crippen molar-refractivity contribution < 1.29 is 23.4 Å². The van der Waals surface area contributed by atoms with Crippen LogP contribution in [0.1, 0.15) is 37.6 Å². The number of rotatable bonds is 9. The summed E-state index contributed by atoms with van der Waals surface area (Å²) < 4.78 is 30.5. The molecule has 0 bridgehead atoms. The summed E-state index contributed by atoms with van der Waals surface area (Å²) in [7, 11) is -3.36. The molecule has 194 valence electrons. The van der Waals surface area contributed by atoms with Gasteiger partial charge in [0.1, 0.15) is 5.76 Å². The Labute approximate surface area is 211 Å². The topological polar surface area (TPSA) is 141 Å². The number of aliphatic hydroxyl groups is 2. The Morgan fingerprint density at radius 1 is 1.11 bits per heavy atom. The van der Waals surface area contributed by atoms with E-state index >= 15 is 0 Å². The van der Waals surface area contributed by atoms with E-state index < -0.39 is 10.0 Å². The minimum atomic E-state index is -3.36. The van der Waals surface area contributed by atoms with E-state index in [-0.39, 0.29) is 42.6 Å². The number of hydrogen-bond donors (Lipinski definition) is 5. The van der Waals surface area contributed by atoms with Crippen LogP contribution in [0, 0.1) is 5.41 Å². The highest BCUT2D eigenvalue weighted by atomic mass is 32.2. The average molecular weight is 516 g/mol. The summed E-state index contributed by atoms with van der Waals surface area (Å²) in [6.45, 7) is 6.39. The number of sulfonamides is 1. The highest BCUT2D eigenvalue weighted by Crippen LogP contribution is 2.32. The molecule has 1 atom stereocenters. The van der Waals surface area contributed by atoms with Crippen LogP contribution in [0.15, 0.2) is 64.7 Å². The molecule has 1 aromatic heterocycles. The molecule has 1 aliphatic heterocycles. The number of aromatic amines is 1. The SMILES string of the molecule is CC(C)(C)C1C=C(/C=C/c2ccc(NS(C)(=O)=O)cc2)C(O)=C(c2ccc(COCCO)[nH]c2=O)N1. The Kier molecular flexibility index (Phi) is 8.44. The van der Waals surface area contributed by atoms with Crippen LogP contribution in [0.5, 0.6) is 0 Å². The second-order valence-corrected chi connectivity index (χ2v) is 11.4. The summed E-state index contributed by atoms with van der Waals surface area (Å²) in [6.07, 6.45) is 6.58. The molecule has 0 radical (unpaired) electrons. The molecular weight excluding hydrogens is 482 g/mol. The van der Waals surface area contributed by atoms with Gasteiger partial charge in [0.25, 0.3) is 5.56 Å². The van der Waals surface area contributed by atoms with Crippen LogP contribution in [-0.4, -0.2) is 49.1 Å². The molecule has 1 aromatic carbocycles. The molecule has 2 heterocycles. The third-order valence-corrected chi connectivity index (χ3v) is 6.10. The molecule has 36 heavy (non-hydrogen) atoms. The van der Waals surface area contributed by atoms with E-state index in [1.54, 1.807) is 48.6 Å². The van der Waals surface area contributed by atoms with Crippen molar-refractivity contribution in [3.63, 3.8) is 0 Å². The molecule has 10 heteroatoms. The molecule has 0 aliphatic carbocycles. The maximum Gasteiger partial charge on any atom is 0.257 e. The number of aliphatic hydroxyl groups excluding tert-OH is 2. The first kappa shape index (κ1) is 27.3. The van der Waals surface area contributed by atoms with Crippen molar-refractivity contribution >= 4 is 27.5 Å². The standard InChI is InChI=1S/C26H33N3O6S/c1-26(2,3)22-15-18(8-5-17-6-9-19(10-7-17)29-36(4,33)34)24(31)23(28-22)21-12-11-20(27-25(21)32)16-35-14-13-30/h5-12,15,22,28-31H,13-14,16H2,1-4H3,(H,27,32)/b8-5+. The number of dihydropyridines is 1. The van der Waals surface area contributed by atoms with Crippen molar-refractivity contribution in [1.82, 2.24) is 10.3 Å². The number of allylic oxidation sites excluding steroid dienone is 1. The lowest BCUT2D eigenvalue weighted by atomic mass is 9.83. The maximum atomic E-state index is 12.9. The zero-order valence-corrected chi connectivity index (χ0v) is 21.6. The van der Waals surface area contributed by atoms with Crippen molar-refractivity contribution in [3.05, 3.63) is 87.1 Å². The van der Waals surface area contributed by atoms with Crippen molar-refractivity contribution in [1.29, 1.82) is 0 Å². The van der Waals surface area contributed by atoms with E-state index in [4.69, 9.17) is 9.84 Å². The molecule has 5 N–H and O–H groups in total.